The minimum atomic E-state index is -0.305. The van der Waals surface area contributed by atoms with Crippen molar-refractivity contribution < 1.29 is 9.53 Å². The summed E-state index contributed by atoms with van der Waals surface area (Å²) in [6, 6.07) is 0. The molecule has 0 unspecified atom stereocenters. The van der Waals surface area contributed by atoms with Crippen LogP contribution in [0.2, 0.25) is 0 Å². The second kappa shape index (κ2) is 8.60. The number of carbonyl (C=O) groups excluding carboxylic acids is 1. The number of nitrogens with one attached hydrogen (secondary N) is 1. The van der Waals surface area contributed by atoms with Crippen LogP contribution in [0.4, 0.5) is 4.79 Å². The van der Waals surface area contributed by atoms with Crippen LogP contribution in [0.1, 0.15) is 40.0 Å². The molecule has 0 saturated heterocycles. The number of ether oxygens (including phenoxy) is 1. The minimum Gasteiger partial charge on any atom is -0.450 e. The maximum absolute atomic E-state index is 11.0. The van der Waals surface area contributed by atoms with Gasteiger partial charge in [0.05, 0.1) is 6.61 Å². The van der Waals surface area contributed by atoms with Crippen molar-refractivity contribution in [2.24, 2.45) is 0 Å². The van der Waals surface area contributed by atoms with Crippen LogP contribution in [0, 0.1) is 0 Å². The first kappa shape index (κ1) is 13.0. The molecule has 0 saturated carbocycles. The van der Waals surface area contributed by atoms with Gasteiger partial charge in [-0.25, -0.2) is 4.79 Å². The quantitative estimate of drug-likeness (QED) is 0.527. The van der Waals surface area contributed by atoms with Gasteiger partial charge >= 0.3 is 6.09 Å². The van der Waals surface area contributed by atoms with E-state index in [1.807, 2.05) is 13.8 Å². The average Bonchev–Trinajstić information content (AvgIpc) is 2.13. The van der Waals surface area contributed by atoms with Gasteiger partial charge in [-0.1, -0.05) is 25.0 Å². The van der Waals surface area contributed by atoms with Crippen LogP contribution in [-0.4, -0.2) is 19.2 Å². The Morgan fingerprint density at radius 1 is 1.43 bits per heavy atom. The zero-order valence-electron chi connectivity index (χ0n) is 9.43. The van der Waals surface area contributed by atoms with Gasteiger partial charge in [0, 0.05) is 6.54 Å². The lowest BCUT2D eigenvalue weighted by Gasteiger charge is -2.04. The number of hydrogen-bond acceptors (Lipinski definition) is 2. The van der Waals surface area contributed by atoms with E-state index in [-0.39, 0.29) is 6.09 Å². The predicted octanol–water partition coefficient (Wildman–Crippen LogP) is 2.87. The maximum Gasteiger partial charge on any atom is 0.407 e. The van der Waals surface area contributed by atoms with Crippen LogP contribution in [-0.2, 0) is 4.74 Å². The summed E-state index contributed by atoms with van der Waals surface area (Å²) in [6.45, 7) is 7.32. The lowest BCUT2D eigenvalue weighted by Crippen LogP contribution is -2.25. The molecule has 0 aliphatic rings. The molecule has 0 aliphatic carbocycles. The molecule has 0 bridgehead atoms. The monoisotopic (exact) mass is 199 g/mol. The molecule has 0 spiro atoms. The fraction of sp³-hybridized carbons (Fsp3) is 0.727. The minimum absolute atomic E-state index is 0.305. The zero-order chi connectivity index (χ0) is 10.8. The molecule has 0 aromatic carbocycles. The highest BCUT2D eigenvalue weighted by atomic mass is 16.5. The Morgan fingerprint density at radius 2 is 2.14 bits per heavy atom. The molecule has 0 heterocycles. The number of amides is 1. The second-order valence-electron chi connectivity index (χ2n) is 3.49. The van der Waals surface area contributed by atoms with Gasteiger partial charge in [-0.2, -0.15) is 0 Å². The van der Waals surface area contributed by atoms with Gasteiger partial charge in [-0.3, -0.25) is 0 Å². The van der Waals surface area contributed by atoms with Crippen LogP contribution >= 0.6 is 0 Å². The van der Waals surface area contributed by atoms with Crippen LogP contribution in [0.5, 0.6) is 0 Å². The summed E-state index contributed by atoms with van der Waals surface area (Å²) < 4.78 is 4.92. The first-order valence-corrected chi connectivity index (χ1v) is 5.20. The van der Waals surface area contributed by atoms with Gasteiger partial charge < -0.3 is 10.1 Å². The van der Waals surface area contributed by atoms with Crippen molar-refractivity contribution in [3.63, 3.8) is 0 Å². The van der Waals surface area contributed by atoms with Crippen LogP contribution in [0.15, 0.2) is 11.6 Å². The zero-order valence-corrected chi connectivity index (χ0v) is 9.43. The van der Waals surface area contributed by atoms with Crippen molar-refractivity contribution in [2.75, 3.05) is 13.2 Å². The molecule has 0 rings (SSSR count). The normalized spacial score (nSPS) is 9.36. The molecule has 0 fully saturated rings. The molecule has 82 valence electrons. The molecule has 1 amide bonds. The molecule has 1 N–H and O–H groups in total. The summed E-state index contributed by atoms with van der Waals surface area (Å²) in [5, 5.41) is 2.69. The Morgan fingerprint density at radius 3 is 2.71 bits per heavy atom. The van der Waals surface area contributed by atoms with Gasteiger partial charge in [0.25, 0.3) is 0 Å². The summed E-state index contributed by atoms with van der Waals surface area (Å²) in [5.41, 5.74) is 1.27. The summed E-state index contributed by atoms with van der Waals surface area (Å²) >= 11 is 0. The fourth-order valence-corrected chi connectivity index (χ4v) is 0.895. The molecule has 3 nitrogen and oxygen atoms in total. The number of alkyl carbamates (subject to hydrolysis) is 1. The molecular formula is C11H21NO2. The molecule has 0 aliphatic heterocycles. The Hall–Kier alpha value is -0.990. The van der Waals surface area contributed by atoms with Crippen LogP contribution in [0.3, 0.4) is 0 Å². The lowest BCUT2D eigenvalue weighted by atomic mass is 10.3. The van der Waals surface area contributed by atoms with Gasteiger partial charge in [0.2, 0.25) is 0 Å². The Bertz CT molecular complexity index is 184. The predicted molar refractivity (Wildman–Crippen MR) is 58.3 cm³/mol. The van der Waals surface area contributed by atoms with Gasteiger partial charge in [-0.05, 0) is 26.7 Å². The van der Waals surface area contributed by atoms with E-state index in [1.54, 1.807) is 0 Å². The summed E-state index contributed by atoms with van der Waals surface area (Å²) in [5.74, 6) is 0. The summed E-state index contributed by atoms with van der Waals surface area (Å²) in [6.07, 6.45) is 4.63. The third-order valence-electron chi connectivity index (χ3n) is 1.70. The standard InChI is InChI=1S/C11H21NO2/c1-4-5-9-14-11(13)12-8-6-7-10(2)3/h7H,4-6,8-9H2,1-3H3,(H,12,13). The van der Waals surface area contributed by atoms with Gasteiger partial charge in [0.1, 0.15) is 0 Å². The molecule has 0 aromatic heterocycles. The van der Waals surface area contributed by atoms with E-state index in [9.17, 15) is 4.79 Å². The molecule has 14 heavy (non-hydrogen) atoms. The van der Waals surface area contributed by atoms with E-state index in [2.05, 4.69) is 18.3 Å². The highest BCUT2D eigenvalue weighted by Crippen LogP contribution is 1.92. The molecule has 0 atom stereocenters. The van der Waals surface area contributed by atoms with Gasteiger partial charge in [-0.15, -0.1) is 0 Å². The second-order valence-corrected chi connectivity index (χ2v) is 3.49. The molecule has 3 heteroatoms. The average molecular weight is 199 g/mol. The highest BCUT2D eigenvalue weighted by Gasteiger charge is 1.98. The van der Waals surface area contributed by atoms with Crippen molar-refractivity contribution in [3.05, 3.63) is 11.6 Å². The fourth-order valence-electron chi connectivity index (χ4n) is 0.895. The lowest BCUT2D eigenvalue weighted by molar-refractivity contribution is 0.145. The van der Waals surface area contributed by atoms with E-state index in [1.165, 1.54) is 5.57 Å². The number of unbranched alkanes of at least 4 members (excludes halogenated alkanes) is 1. The van der Waals surface area contributed by atoms with Crippen molar-refractivity contribution >= 4 is 6.09 Å². The maximum atomic E-state index is 11.0. The largest absolute Gasteiger partial charge is 0.450 e. The van der Waals surface area contributed by atoms with E-state index in [4.69, 9.17) is 4.74 Å². The van der Waals surface area contributed by atoms with Crippen LogP contribution < -0.4 is 5.32 Å². The van der Waals surface area contributed by atoms with Gasteiger partial charge in [0.15, 0.2) is 0 Å². The number of allylic oxidation sites excluding steroid dienone is 1. The molecule has 0 radical (unpaired) electrons. The van der Waals surface area contributed by atoms with E-state index in [0.29, 0.717) is 13.2 Å². The third kappa shape index (κ3) is 9.10. The smallest absolute Gasteiger partial charge is 0.407 e. The van der Waals surface area contributed by atoms with Crippen molar-refractivity contribution in [3.8, 4) is 0 Å². The molecular weight excluding hydrogens is 178 g/mol. The Balaban J connectivity index is 3.31. The summed E-state index contributed by atoms with van der Waals surface area (Å²) in [4.78, 5) is 11.0. The SMILES string of the molecule is CCCCOC(=O)NCCC=C(C)C. The van der Waals surface area contributed by atoms with E-state index < -0.39 is 0 Å². The van der Waals surface area contributed by atoms with Crippen molar-refractivity contribution in [1.82, 2.24) is 5.32 Å². The number of rotatable bonds is 6. The Kier molecular flexibility index (Phi) is 7.99. The van der Waals surface area contributed by atoms with Crippen molar-refractivity contribution in [2.45, 2.75) is 40.0 Å². The Labute approximate surface area is 86.5 Å². The third-order valence-corrected chi connectivity index (χ3v) is 1.70. The van der Waals surface area contributed by atoms with E-state index in [0.717, 1.165) is 19.3 Å². The van der Waals surface area contributed by atoms with Crippen molar-refractivity contribution in [1.29, 1.82) is 0 Å². The number of carbonyl (C=O) groups is 1. The number of hydrogen-bond donors (Lipinski definition) is 1. The first-order valence-electron chi connectivity index (χ1n) is 5.20. The highest BCUT2D eigenvalue weighted by molar-refractivity contribution is 5.66. The molecule has 0 aromatic rings. The van der Waals surface area contributed by atoms with E-state index >= 15 is 0 Å². The first-order chi connectivity index (χ1) is 6.66. The summed E-state index contributed by atoms with van der Waals surface area (Å²) in [7, 11) is 0. The topological polar surface area (TPSA) is 38.3 Å². The van der Waals surface area contributed by atoms with Crippen LogP contribution in [0.25, 0.3) is 0 Å².